The third-order valence-electron chi connectivity index (χ3n) is 2.42. The summed E-state index contributed by atoms with van der Waals surface area (Å²) in [6.07, 6.45) is 4.42. The lowest BCUT2D eigenvalue weighted by Gasteiger charge is -2.01. The fourth-order valence-corrected chi connectivity index (χ4v) is 1.35. The molecule has 0 spiro atoms. The second kappa shape index (κ2) is 5.64. The van der Waals surface area contributed by atoms with Crippen LogP contribution in [0.2, 0.25) is 0 Å². The molecule has 0 radical (unpaired) electrons. The zero-order valence-corrected chi connectivity index (χ0v) is 9.49. The summed E-state index contributed by atoms with van der Waals surface area (Å²) in [6, 6.07) is 4.74. The third kappa shape index (κ3) is 3.65. The smallest absolute Gasteiger partial charge is 0.107 e. The Bertz CT molecular complexity index is 385. The molecule has 3 nitrogen and oxygen atoms in total. The molecule has 1 N–H and O–H groups in total. The molecular weight excluding hydrogens is 200 g/mol. The minimum absolute atomic E-state index is 0.463. The van der Waals surface area contributed by atoms with E-state index >= 15 is 0 Å². The monoisotopic (exact) mass is 216 g/mol. The summed E-state index contributed by atoms with van der Waals surface area (Å²) in [7, 11) is 1.64. The van der Waals surface area contributed by atoms with Crippen molar-refractivity contribution in [1.82, 2.24) is 10.3 Å². The van der Waals surface area contributed by atoms with Crippen molar-refractivity contribution >= 4 is 0 Å². The quantitative estimate of drug-likeness (QED) is 0.771. The highest BCUT2D eigenvalue weighted by atomic mass is 16.5. The van der Waals surface area contributed by atoms with E-state index in [4.69, 9.17) is 4.74 Å². The van der Waals surface area contributed by atoms with Gasteiger partial charge in [-0.25, -0.2) is 0 Å². The fourth-order valence-electron chi connectivity index (χ4n) is 1.35. The first-order valence-electron chi connectivity index (χ1n) is 5.54. The SMILES string of the molecule is COCC#Cc1ccc(CNC2CC2)nc1. The summed E-state index contributed by atoms with van der Waals surface area (Å²) >= 11 is 0. The molecule has 0 saturated heterocycles. The lowest BCUT2D eigenvalue weighted by atomic mass is 10.2. The zero-order valence-electron chi connectivity index (χ0n) is 9.49. The molecule has 1 aromatic heterocycles. The number of pyridine rings is 1. The molecule has 0 bridgehead atoms. The van der Waals surface area contributed by atoms with Crippen molar-refractivity contribution in [3.63, 3.8) is 0 Å². The molecular formula is C13H16N2O. The molecule has 16 heavy (non-hydrogen) atoms. The lowest BCUT2D eigenvalue weighted by molar-refractivity contribution is 0.240. The molecule has 2 rings (SSSR count). The van der Waals surface area contributed by atoms with Gasteiger partial charge in [0.15, 0.2) is 0 Å². The maximum absolute atomic E-state index is 4.86. The highest BCUT2D eigenvalue weighted by molar-refractivity contribution is 5.32. The lowest BCUT2D eigenvalue weighted by Crippen LogP contribution is -2.16. The second-order valence-corrected chi connectivity index (χ2v) is 3.93. The maximum atomic E-state index is 4.86. The van der Waals surface area contributed by atoms with E-state index in [1.807, 2.05) is 18.3 Å². The van der Waals surface area contributed by atoms with E-state index in [2.05, 4.69) is 22.1 Å². The summed E-state index contributed by atoms with van der Waals surface area (Å²) in [5, 5.41) is 3.43. The van der Waals surface area contributed by atoms with Crippen molar-refractivity contribution < 1.29 is 4.74 Å². The molecule has 84 valence electrons. The Morgan fingerprint density at radius 3 is 3.00 bits per heavy atom. The number of aromatic nitrogens is 1. The van der Waals surface area contributed by atoms with Gasteiger partial charge in [-0.2, -0.15) is 0 Å². The van der Waals surface area contributed by atoms with Crippen LogP contribution in [0.1, 0.15) is 24.1 Å². The number of methoxy groups -OCH3 is 1. The van der Waals surface area contributed by atoms with Crippen molar-refractivity contribution in [3.8, 4) is 11.8 Å². The van der Waals surface area contributed by atoms with E-state index in [1.54, 1.807) is 7.11 Å². The molecule has 0 aromatic carbocycles. The Morgan fingerprint density at radius 2 is 2.38 bits per heavy atom. The predicted molar refractivity (Wildman–Crippen MR) is 62.9 cm³/mol. The average Bonchev–Trinajstić information content (AvgIpc) is 3.12. The molecule has 0 amide bonds. The first-order chi connectivity index (χ1) is 7.88. The first kappa shape index (κ1) is 11.1. The minimum atomic E-state index is 0.463. The molecule has 1 fully saturated rings. The van der Waals surface area contributed by atoms with Crippen LogP contribution in [0.5, 0.6) is 0 Å². The summed E-state index contributed by atoms with van der Waals surface area (Å²) in [5.74, 6) is 5.90. The highest BCUT2D eigenvalue weighted by Gasteiger charge is 2.19. The van der Waals surface area contributed by atoms with E-state index in [0.717, 1.165) is 23.8 Å². The number of ether oxygens (including phenoxy) is 1. The summed E-state index contributed by atoms with van der Waals surface area (Å²) in [4.78, 5) is 4.35. The van der Waals surface area contributed by atoms with Crippen molar-refractivity contribution in [3.05, 3.63) is 29.6 Å². The largest absolute Gasteiger partial charge is 0.372 e. The van der Waals surface area contributed by atoms with E-state index in [0.29, 0.717) is 6.61 Å². The Balaban J connectivity index is 1.85. The van der Waals surface area contributed by atoms with Crippen LogP contribution in [0.15, 0.2) is 18.3 Å². The van der Waals surface area contributed by atoms with Gasteiger partial charge >= 0.3 is 0 Å². The number of hydrogen-bond donors (Lipinski definition) is 1. The standard InChI is InChI=1S/C13H16N2O/c1-16-8-2-3-11-4-5-13(14-9-11)10-15-12-6-7-12/h4-5,9,12,15H,6-8,10H2,1H3. The number of nitrogens with one attached hydrogen (secondary N) is 1. The van der Waals surface area contributed by atoms with Crippen molar-refractivity contribution in [2.24, 2.45) is 0 Å². The van der Waals surface area contributed by atoms with Gasteiger partial charge in [-0.1, -0.05) is 11.8 Å². The summed E-state index contributed by atoms with van der Waals surface area (Å²) in [5.41, 5.74) is 2.01. The average molecular weight is 216 g/mol. The van der Waals surface area contributed by atoms with Crippen LogP contribution in [0.4, 0.5) is 0 Å². The molecule has 0 unspecified atom stereocenters. The minimum Gasteiger partial charge on any atom is -0.372 e. The molecule has 1 aliphatic rings. The Labute approximate surface area is 96.2 Å². The zero-order chi connectivity index (χ0) is 11.2. The molecule has 1 aromatic rings. The Kier molecular flexibility index (Phi) is 3.92. The maximum Gasteiger partial charge on any atom is 0.107 e. The van der Waals surface area contributed by atoms with Crippen LogP contribution in [-0.2, 0) is 11.3 Å². The highest BCUT2D eigenvalue weighted by Crippen LogP contribution is 2.18. The van der Waals surface area contributed by atoms with Crippen LogP contribution in [0.25, 0.3) is 0 Å². The van der Waals surface area contributed by atoms with Gasteiger partial charge in [0.2, 0.25) is 0 Å². The topological polar surface area (TPSA) is 34.1 Å². The van der Waals surface area contributed by atoms with Crippen LogP contribution in [0, 0.1) is 11.8 Å². The molecule has 0 aliphatic heterocycles. The van der Waals surface area contributed by atoms with Crippen LogP contribution < -0.4 is 5.32 Å². The molecule has 1 heterocycles. The Hall–Kier alpha value is -1.37. The van der Waals surface area contributed by atoms with Gasteiger partial charge in [0, 0.05) is 31.5 Å². The predicted octanol–water partition coefficient (Wildman–Crippen LogP) is 1.33. The van der Waals surface area contributed by atoms with Gasteiger partial charge < -0.3 is 10.1 Å². The third-order valence-corrected chi connectivity index (χ3v) is 2.42. The number of nitrogens with zero attached hydrogens (tertiary/aromatic N) is 1. The molecule has 0 atom stereocenters. The van der Waals surface area contributed by atoms with Gasteiger partial charge in [0.05, 0.1) is 5.69 Å². The number of hydrogen-bond acceptors (Lipinski definition) is 3. The van der Waals surface area contributed by atoms with Crippen LogP contribution >= 0.6 is 0 Å². The Morgan fingerprint density at radius 1 is 1.50 bits per heavy atom. The summed E-state index contributed by atoms with van der Waals surface area (Å²) < 4.78 is 4.86. The van der Waals surface area contributed by atoms with Gasteiger partial charge in [-0.3, -0.25) is 4.98 Å². The van der Waals surface area contributed by atoms with Gasteiger partial charge in [0.1, 0.15) is 6.61 Å². The van der Waals surface area contributed by atoms with Gasteiger partial charge in [-0.05, 0) is 25.0 Å². The van der Waals surface area contributed by atoms with E-state index in [-0.39, 0.29) is 0 Å². The van der Waals surface area contributed by atoms with Gasteiger partial charge in [0.25, 0.3) is 0 Å². The van der Waals surface area contributed by atoms with Crippen molar-refractivity contribution in [2.75, 3.05) is 13.7 Å². The van der Waals surface area contributed by atoms with Crippen LogP contribution in [0.3, 0.4) is 0 Å². The second-order valence-electron chi connectivity index (χ2n) is 3.93. The molecule has 1 saturated carbocycles. The van der Waals surface area contributed by atoms with E-state index < -0.39 is 0 Å². The fraction of sp³-hybridized carbons (Fsp3) is 0.462. The van der Waals surface area contributed by atoms with Crippen molar-refractivity contribution in [2.45, 2.75) is 25.4 Å². The van der Waals surface area contributed by atoms with E-state index in [9.17, 15) is 0 Å². The van der Waals surface area contributed by atoms with Crippen LogP contribution in [-0.4, -0.2) is 24.7 Å². The van der Waals surface area contributed by atoms with Crippen molar-refractivity contribution in [1.29, 1.82) is 0 Å². The normalized spacial score (nSPS) is 14.3. The first-order valence-corrected chi connectivity index (χ1v) is 5.54. The number of rotatable bonds is 4. The van der Waals surface area contributed by atoms with Gasteiger partial charge in [-0.15, -0.1) is 0 Å². The molecule has 3 heteroatoms. The summed E-state index contributed by atoms with van der Waals surface area (Å²) in [6.45, 7) is 1.32. The molecule has 1 aliphatic carbocycles. The van der Waals surface area contributed by atoms with E-state index in [1.165, 1.54) is 12.8 Å².